The van der Waals surface area contributed by atoms with Gasteiger partial charge < -0.3 is 42.5 Å². The second-order valence-electron chi connectivity index (χ2n) is 13.2. The van der Waals surface area contributed by atoms with Crippen LogP contribution < -0.4 is 32.3 Å². The number of nitrogens with one attached hydrogen (secondary N) is 5. The molecule has 0 bridgehead atoms. The van der Waals surface area contributed by atoms with Crippen LogP contribution in [-0.4, -0.2) is 87.9 Å². The average molecular weight is 691 g/mol. The Labute approximate surface area is 287 Å². The average Bonchev–Trinajstić information content (AvgIpc) is 3.03. The van der Waals surface area contributed by atoms with Crippen LogP contribution in [0.4, 0.5) is 0 Å². The lowest BCUT2D eigenvalue weighted by atomic mass is 9.96. The highest BCUT2D eigenvalue weighted by Crippen LogP contribution is 2.13. The number of hydrogen-bond acceptors (Lipinski definition) is 8. The second kappa shape index (κ2) is 20.8. The summed E-state index contributed by atoms with van der Waals surface area (Å²) in [5.74, 6) is -6.62. The Balaban J connectivity index is 3.12. The molecule has 9 N–H and O–H groups in total. The Bertz CT molecular complexity index is 1290. The zero-order valence-corrected chi connectivity index (χ0v) is 29.4. The van der Waals surface area contributed by atoms with Crippen molar-refractivity contribution in [2.24, 2.45) is 23.5 Å². The molecule has 7 atom stereocenters. The number of carboxylic acids is 2. The lowest BCUT2D eigenvalue weighted by molar-refractivity contribution is -0.143. The molecule has 0 heterocycles. The van der Waals surface area contributed by atoms with Crippen molar-refractivity contribution in [3.8, 4) is 0 Å². The minimum absolute atomic E-state index is 0.0405. The van der Waals surface area contributed by atoms with Gasteiger partial charge >= 0.3 is 11.9 Å². The molecule has 0 saturated carbocycles. The molecular formula is C34H54N6O9. The van der Waals surface area contributed by atoms with Crippen molar-refractivity contribution >= 4 is 41.5 Å². The van der Waals surface area contributed by atoms with Gasteiger partial charge in [0, 0.05) is 12.8 Å². The largest absolute Gasteiger partial charge is 0.481 e. The van der Waals surface area contributed by atoms with Gasteiger partial charge in [0.2, 0.25) is 29.5 Å². The van der Waals surface area contributed by atoms with E-state index in [1.807, 2.05) is 20.8 Å². The van der Waals surface area contributed by atoms with E-state index >= 15 is 0 Å². The van der Waals surface area contributed by atoms with Gasteiger partial charge in [0.15, 0.2) is 0 Å². The van der Waals surface area contributed by atoms with Gasteiger partial charge in [-0.05, 0) is 43.1 Å². The highest BCUT2D eigenvalue weighted by atomic mass is 16.4. The Kier molecular flexibility index (Phi) is 18.0. The van der Waals surface area contributed by atoms with Crippen molar-refractivity contribution < 1.29 is 43.8 Å². The molecule has 1 rings (SSSR count). The molecule has 0 fully saturated rings. The zero-order valence-electron chi connectivity index (χ0n) is 29.4. The maximum Gasteiger partial charge on any atom is 0.326 e. The van der Waals surface area contributed by atoms with Crippen molar-refractivity contribution in [2.45, 2.75) is 117 Å². The Hall–Kier alpha value is -4.53. The SMILES string of the molecule is CC[C@H](C)[C@H](NC(=O)[C@H](C)NC(=O)[C@H](Cc1ccccc1)NC(=O)[C@@H](N)CCC(=O)O)C(=O)N[C@@H](CC(C)C)C(=O)N[C@H](C(=O)O)C(C)C. The normalized spacial score (nSPS) is 15.5. The quantitative estimate of drug-likeness (QED) is 0.0897. The van der Waals surface area contributed by atoms with E-state index in [0.717, 1.165) is 0 Å². The standard InChI is InChI=1S/C34H54N6O9/c1-8-20(6)28(33(47)38-24(16-18(2)3)32(46)39-27(19(4)5)34(48)49)40-29(43)21(7)36-31(45)25(17-22-12-10-9-11-13-22)37-30(44)23(35)14-15-26(41)42/h9-13,18-21,23-25,27-28H,8,14-17,35H2,1-7H3,(H,36,45)(H,37,44)(H,38,47)(H,39,46)(H,40,43)(H,41,42)(H,48,49)/t20-,21-,23-,24-,25-,27-,28-/m0/s1. The lowest BCUT2D eigenvalue weighted by Crippen LogP contribution is -2.60. The molecule has 0 aliphatic carbocycles. The number of rotatable bonds is 21. The van der Waals surface area contributed by atoms with Crippen LogP contribution in [0.5, 0.6) is 0 Å². The smallest absolute Gasteiger partial charge is 0.326 e. The molecule has 0 aromatic heterocycles. The van der Waals surface area contributed by atoms with E-state index in [2.05, 4.69) is 26.6 Å². The molecule has 0 saturated heterocycles. The summed E-state index contributed by atoms with van der Waals surface area (Å²) < 4.78 is 0. The molecule has 1 aromatic rings. The predicted octanol–water partition coefficient (Wildman–Crippen LogP) is 0.698. The summed E-state index contributed by atoms with van der Waals surface area (Å²) >= 11 is 0. The summed E-state index contributed by atoms with van der Waals surface area (Å²) in [6, 6.07) is 1.94. The van der Waals surface area contributed by atoms with Crippen molar-refractivity contribution in [1.29, 1.82) is 0 Å². The van der Waals surface area contributed by atoms with Crippen molar-refractivity contribution in [3.63, 3.8) is 0 Å². The second-order valence-corrected chi connectivity index (χ2v) is 13.2. The number of carboxylic acid groups (broad SMARTS) is 2. The van der Waals surface area contributed by atoms with Crippen LogP contribution in [0, 0.1) is 17.8 Å². The molecule has 0 spiro atoms. The summed E-state index contributed by atoms with van der Waals surface area (Å²) in [7, 11) is 0. The molecule has 1 aromatic carbocycles. The van der Waals surface area contributed by atoms with Crippen LogP contribution >= 0.6 is 0 Å². The van der Waals surface area contributed by atoms with Gasteiger partial charge in [-0.25, -0.2) is 4.79 Å². The van der Waals surface area contributed by atoms with E-state index < -0.39 is 89.6 Å². The first kappa shape index (κ1) is 42.5. The van der Waals surface area contributed by atoms with Gasteiger partial charge in [-0.2, -0.15) is 0 Å². The lowest BCUT2D eigenvalue weighted by Gasteiger charge is -2.29. The van der Waals surface area contributed by atoms with Gasteiger partial charge in [0.1, 0.15) is 30.2 Å². The maximum absolute atomic E-state index is 13.6. The van der Waals surface area contributed by atoms with Crippen LogP contribution in [0.1, 0.15) is 79.7 Å². The van der Waals surface area contributed by atoms with Crippen LogP contribution in [0.15, 0.2) is 30.3 Å². The van der Waals surface area contributed by atoms with Crippen molar-refractivity contribution in [2.75, 3.05) is 0 Å². The third-order valence-corrected chi connectivity index (χ3v) is 8.04. The summed E-state index contributed by atoms with van der Waals surface area (Å²) in [6.07, 6.45) is 0.257. The fraction of sp³-hybridized carbons (Fsp3) is 0.618. The minimum Gasteiger partial charge on any atom is -0.481 e. The number of nitrogens with two attached hydrogens (primary N) is 1. The summed E-state index contributed by atoms with van der Waals surface area (Å²) in [5, 5.41) is 31.4. The van der Waals surface area contributed by atoms with Gasteiger partial charge in [-0.1, -0.05) is 78.3 Å². The Morgan fingerprint density at radius 2 is 1.24 bits per heavy atom. The molecule has 15 heteroatoms. The number of carbonyl (C=O) groups is 7. The van der Waals surface area contributed by atoms with E-state index in [-0.39, 0.29) is 31.6 Å². The van der Waals surface area contributed by atoms with E-state index in [4.69, 9.17) is 10.8 Å². The molecule has 0 radical (unpaired) electrons. The first-order chi connectivity index (χ1) is 22.9. The Morgan fingerprint density at radius 1 is 0.694 bits per heavy atom. The monoisotopic (exact) mass is 690 g/mol. The molecule has 49 heavy (non-hydrogen) atoms. The first-order valence-electron chi connectivity index (χ1n) is 16.6. The summed E-state index contributed by atoms with van der Waals surface area (Å²) in [6.45, 7) is 12.0. The fourth-order valence-electron chi connectivity index (χ4n) is 4.84. The van der Waals surface area contributed by atoms with E-state index in [0.29, 0.717) is 12.0 Å². The molecule has 274 valence electrons. The van der Waals surface area contributed by atoms with Gasteiger partial charge in [0.05, 0.1) is 6.04 Å². The van der Waals surface area contributed by atoms with Gasteiger partial charge in [-0.3, -0.25) is 28.8 Å². The molecule has 0 aliphatic rings. The topological polar surface area (TPSA) is 246 Å². The van der Waals surface area contributed by atoms with Crippen LogP contribution in [0.2, 0.25) is 0 Å². The maximum atomic E-state index is 13.6. The minimum atomic E-state index is -1.20. The molecule has 0 unspecified atom stereocenters. The van der Waals surface area contributed by atoms with Crippen LogP contribution in [-0.2, 0) is 40.0 Å². The first-order valence-corrected chi connectivity index (χ1v) is 16.6. The van der Waals surface area contributed by atoms with E-state index in [1.54, 1.807) is 51.1 Å². The third kappa shape index (κ3) is 15.1. The van der Waals surface area contributed by atoms with Crippen LogP contribution in [0.3, 0.4) is 0 Å². The number of aliphatic carboxylic acids is 2. The molecule has 5 amide bonds. The van der Waals surface area contributed by atoms with Crippen molar-refractivity contribution in [3.05, 3.63) is 35.9 Å². The summed E-state index contributed by atoms with van der Waals surface area (Å²) in [4.78, 5) is 88.8. The fourth-order valence-corrected chi connectivity index (χ4v) is 4.84. The number of carbonyl (C=O) groups excluding carboxylic acids is 5. The zero-order chi connectivity index (χ0) is 37.4. The predicted molar refractivity (Wildman–Crippen MR) is 182 cm³/mol. The molecular weight excluding hydrogens is 636 g/mol. The van der Waals surface area contributed by atoms with E-state index in [1.165, 1.54) is 6.92 Å². The highest BCUT2D eigenvalue weighted by Gasteiger charge is 2.34. The van der Waals surface area contributed by atoms with Gasteiger partial charge in [0.25, 0.3) is 0 Å². The third-order valence-electron chi connectivity index (χ3n) is 8.04. The van der Waals surface area contributed by atoms with E-state index in [9.17, 15) is 38.7 Å². The summed E-state index contributed by atoms with van der Waals surface area (Å²) in [5.41, 5.74) is 6.56. The van der Waals surface area contributed by atoms with Crippen molar-refractivity contribution in [1.82, 2.24) is 26.6 Å². The van der Waals surface area contributed by atoms with Crippen LogP contribution in [0.25, 0.3) is 0 Å². The van der Waals surface area contributed by atoms with Gasteiger partial charge in [-0.15, -0.1) is 0 Å². The highest BCUT2D eigenvalue weighted by molar-refractivity contribution is 5.96. The molecule has 15 nitrogen and oxygen atoms in total. The number of benzene rings is 1. The number of hydrogen-bond donors (Lipinski definition) is 8. The molecule has 0 aliphatic heterocycles. The Morgan fingerprint density at radius 3 is 1.76 bits per heavy atom. The number of amides is 5.